The van der Waals surface area contributed by atoms with E-state index in [4.69, 9.17) is 9.98 Å². The number of hydrogen-bond donors (Lipinski definition) is 0. The normalized spacial score (nSPS) is 17.5. The van der Waals surface area contributed by atoms with Crippen molar-refractivity contribution in [3.63, 3.8) is 0 Å². The first kappa shape index (κ1) is 30.1. The molecule has 6 aromatic rings. The average Bonchev–Trinajstić information content (AvgIpc) is 3.73. The molecule has 2 aliphatic carbocycles. The van der Waals surface area contributed by atoms with Crippen molar-refractivity contribution in [1.82, 2.24) is 0 Å². The Labute approximate surface area is 293 Å². The molecule has 2 heterocycles. The fraction of sp³-hybridized carbons (Fsp3) is 0.111. The molecule has 0 saturated carbocycles. The van der Waals surface area contributed by atoms with E-state index in [0.29, 0.717) is 8.58 Å². The Balaban J connectivity index is 0.966. The molecule has 2 nitrogen and oxygen atoms in total. The van der Waals surface area contributed by atoms with Gasteiger partial charge in [0.05, 0.1) is 5.78 Å². The Bertz CT molecular complexity index is 2490. The highest BCUT2D eigenvalue weighted by atomic mass is 32.1. The number of thiophene rings is 1. The first-order valence-corrected chi connectivity index (χ1v) is 18.9. The second kappa shape index (κ2) is 12.5. The molecule has 3 aliphatic rings. The summed E-state index contributed by atoms with van der Waals surface area (Å²) in [4.78, 5) is 11.5. The predicted octanol–water partition coefficient (Wildman–Crippen LogP) is 12.4. The van der Waals surface area contributed by atoms with Gasteiger partial charge < -0.3 is 0 Å². The van der Waals surface area contributed by atoms with Crippen LogP contribution in [-0.2, 0) is 12.8 Å². The maximum Gasteiger partial charge on any atom is 0.0950 e. The Morgan fingerprint density at radius 3 is 2.65 bits per heavy atom. The molecule has 0 fully saturated rings. The van der Waals surface area contributed by atoms with Gasteiger partial charge in [0, 0.05) is 33.3 Å². The quantitative estimate of drug-likeness (QED) is 0.0959. The fourth-order valence-corrected chi connectivity index (χ4v) is 10.1. The Kier molecular flexibility index (Phi) is 7.68. The summed E-state index contributed by atoms with van der Waals surface area (Å²) in [6.45, 7) is 6.28. The molecular weight excluding hydrogens is 632 g/mol. The lowest BCUT2D eigenvalue weighted by Crippen LogP contribution is -2.02. The van der Waals surface area contributed by atoms with E-state index in [9.17, 15) is 0 Å². The topological polar surface area (TPSA) is 24.7 Å². The van der Waals surface area contributed by atoms with Crippen LogP contribution in [0.4, 0.5) is 0 Å². The van der Waals surface area contributed by atoms with Gasteiger partial charge in [0.2, 0.25) is 0 Å². The summed E-state index contributed by atoms with van der Waals surface area (Å²) in [5.74, 6) is 2.57. The van der Waals surface area contributed by atoms with Crippen LogP contribution in [0.3, 0.4) is 0 Å². The van der Waals surface area contributed by atoms with Gasteiger partial charge in [-0.15, -0.1) is 11.3 Å². The first-order valence-electron chi connectivity index (χ1n) is 17.0. The molecule has 2 unspecified atom stereocenters. The van der Waals surface area contributed by atoms with Crippen molar-refractivity contribution in [3.8, 4) is 11.1 Å². The molecule has 4 heteroatoms. The molecule has 0 radical (unpaired) electrons. The van der Waals surface area contributed by atoms with E-state index in [1.54, 1.807) is 0 Å². The van der Waals surface area contributed by atoms with Crippen molar-refractivity contribution in [2.24, 2.45) is 9.98 Å². The summed E-state index contributed by atoms with van der Waals surface area (Å²) in [5, 5.41) is 3.81. The zero-order chi connectivity index (χ0) is 32.9. The SMILES string of the molecule is C=C/C(=C\N=C(C)C1=CCCc2c1sc1ccccc21)c1ccc2ccc(C3=CPC(c4cccc5c4Cc4ccccc4-5)N=C3)cc2c1. The Morgan fingerprint density at radius 2 is 1.76 bits per heavy atom. The monoisotopic (exact) mass is 666 g/mol. The minimum Gasteiger partial charge on any atom is -0.280 e. The molecule has 0 amide bonds. The van der Waals surface area contributed by atoms with Crippen molar-refractivity contribution >= 4 is 69.4 Å². The van der Waals surface area contributed by atoms with E-state index < -0.39 is 0 Å². The summed E-state index contributed by atoms with van der Waals surface area (Å²) in [7, 11) is 0.600. The third kappa shape index (κ3) is 5.39. The van der Waals surface area contributed by atoms with Crippen LogP contribution in [0.15, 0.2) is 144 Å². The second-order valence-electron chi connectivity index (χ2n) is 13.0. The first-order chi connectivity index (χ1) is 24.1. The molecule has 5 aromatic carbocycles. The van der Waals surface area contributed by atoms with E-state index in [-0.39, 0.29) is 5.78 Å². The summed E-state index contributed by atoms with van der Waals surface area (Å²) >= 11 is 1.88. The molecular formula is C45H35N2PS. The number of aliphatic imine (C=N–C) groups is 2. The van der Waals surface area contributed by atoms with Crippen molar-refractivity contribution in [2.45, 2.75) is 32.0 Å². The highest BCUT2D eigenvalue weighted by Crippen LogP contribution is 2.48. The molecule has 9 rings (SSSR count). The summed E-state index contributed by atoms with van der Waals surface area (Å²) in [6, 6.07) is 37.7. The van der Waals surface area contributed by atoms with Crippen molar-refractivity contribution < 1.29 is 0 Å². The average molecular weight is 667 g/mol. The largest absolute Gasteiger partial charge is 0.280 e. The molecule has 0 N–H and O–H groups in total. The van der Waals surface area contributed by atoms with Gasteiger partial charge in [-0.05, 0) is 116 Å². The van der Waals surface area contributed by atoms with E-state index >= 15 is 0 Å². The van der Waals surface area contributed by atoms with Gasteiger partial charge >= 0.3 is 0 Å². The molecule has 0 spiro atoms. The standard InChI is InChI=1S/C45H35N2PS/c1-3-29(25-46-28(2)36-13-8-15-40-39-12-6-7-17-43(39)49-44(36)40)31-20-18-30-19-21-32(23-34(30)22-31)35-26-47-45(48-27-35)41-16-9-14-38-37-11-5-4-10-33(37)24-42(38)41/h3-7,9-14,16-23,25-27,45,48H,1,8,15,24H2,2H3/b29-25+,46-28?. The zero-order valence-corrected chi connectivity index (χ0v) is 29.2. The van der Waals surface area contributed by atoms with Crippen LogP contribution < -0.4 is 0 Å². The maximum atomic E-state index is 5.12. The molecule has 1 aliphatic heterocycles. The third-order valence-electron chi connectivity index (χ3n) is 10.1. The zero-order valence-electron chi connectivity index (χ0n) is 27.4. The smallest absolute Gasteiger partial charge is 0.0950 e. The van der Waals surface area contributed by atoms with Gasteiger partial charge in [0.25, 0.3) is 0 Å². The van der Waals surface area contributed by atoms with Gasteiger partial charge in [-0.3, -0.25) is 9.98 Å². The van der Waals surface area contributed by atoms with Gasteiger partial charge in [0.1, 0.15) is 0 Å². The molecule has 0 bridgehead atoms. The molecule has 236 valence electrons. The molecule has 1 aromatic heterocycles. The van der Waals surface area contributed by atoms with Crippen LogP contribution >= 0.6 is 19.9 Å². The van der Waals surface area contributed by atoms with Crippen LogP contribution in [0.25, 0.3) is 48.7 Å². The maximum absolute atomic E-state index is 5.12. The van der Waals surface area contributed by atoms with Gasteiger partial charge in [0.15, 0.2) is 0 Å². The Hall–Kier alpha value is -4.95. The minimum absolute atomic E-state index is 0.180. The summed E-state index contributed by atoms with van der Waals surface area (Å²) < 4.78 is 1.35. The van der Waals surface area contributed by atoms with E-state index in [2.05, 4.69) is 135 Å². The highest BCUT2D eigenvalue weighted by Gasteiger charge is 2.25. The summed E-state index contributed by atoms with van der Waals surface area (Å²) in [6.07, 6.45) is 11.5. The van der Waals surface area contributed by atoms with E-state index in [1.165, 1.54) is 75.8 Å². The van der Waals surface area contributed by atoms with Crippen LogP contribution in [-0.4, -0.2) is 11.9 Å². The van der Waals surface area contributed by atoms with E-state index in [0.717, 1.165) is 36.1 Å². The lowest BCUT2D eigenvalue weighted by atomic mass is 9.94. The third-order valence-corrected chi connectivity index (χ3v) is 12.6. The molecule has 2 atom stereocenters. The minimum atomic E-state index is 0.180. The number of allylic oxidation sites excluding steroid dienone is 5. The Morgan fingerprint density at radius 1 is 0.898 bits per heavy atom. The number of aryl methyl sites for hydroxylation is 1. The van der Waals surface area contributed by atoms with Crippen molar-refractivity contribution in [2.75, 3.05) is 0 Å². The number of hydrogen-bond acceptors (Lipinski definition) is 3. The van der Waals surface area contributed by atoms with Crippen molar-refractivity contribution in [3.05, 3.63) is 172 Å². The van der Waals surface area contributed by atoms with Crippen LogP contribution in [0.2, 0.25) is 0 Å². The molecule has 0 saturated heterocycles. The highest BCUT2D eigenvalue weighted by molar-refractivity contribution is 7.42. The van der Waals surface area contributed by atoms with Crippen LogP contribution in [0, 0.1) is 0 Å². The van der Waals surface area contributed by atoms with E-state index in [1.807, 2.05) is 23.6 Å². The van der Waals surface area contributed by atoms with Gasteiger partial charge in [-0.25, -0.2) is 0 Å². The lowest BCUT2D eigenvalue weighted by Gasteiger charge is -2.19. The van der Waals surface area contributed by atoms with Gasteiger partial charge in [-0.1, -0.05) is 118 Å². The predicted molar refractivity (Wildman–Crippen MR) is 216 cm³/mol. The number of rotatable bonds is 6. The number of benzene rings is 5. The number of nitrogens with zero attached hydrogens (tertiary/aromatic N) is 2. The van der Waals surface area contributed by atoms with Crippen LogP contribution in [0.5, 0.6) is 0 Å². The second-order valence-corrected chi connectivity index (χ2v) is 15.2. The van der Waals surface area contributed by atoms with Gasteiger partial charge in [-0.2, -0.15) is 0 Å². The molecule has 49 heavy (non-hydrogen) atoms. The number of fused-ring (bicyclic) bond motifs is 7. The fourth-order valence-electron chi connectivity index (χ4n) is 7.59. The van der Waals surface area contributed by atoms with Crippen LogP contribution in [0.1, 0.15) is 57.4 Å². The lowest BCUT2D eigenvalue weighted by molar-refractivity contribution is 1.00. The summed E-state index contributed by atoms with van der Waals surface area (Å²) in [5.41, 5.74) is 15.3. The van der Waals surface area contributed by atoms with Crippen molar-refractivity contribution in [1.29, 1.82) is 0 Å².